The molecule has 4 aromatic carbocycles. The predicted octanol–water partition coefficient (Wildman–Crippen LogP) is 8.73. The maximum Gasteiger partial charge on any atom is 0.416 e. The molecule has 1 N–H and O–H groups in total. The lowest BCUT2D eigenvalue weighted by molar-refractivity contribution is -0.137. The molecule has 53 heavy (non-hydrogen) atoms. The van der Waals surface area contributed by atoms with Gasteiger partial charge in [-0.15, -0.1) is 11.8 Å². The Morgan fingerprint density at radius 1 is 1.09 bits per heavy atom. The fraction of sp³-hybridized carbons (Fsp3) is 0.341. The maximum absolute atomic E-state index is 15.4. The third-order valence-corrected chi connectivity index (χ3v) is 9.08. The van der Waals surface area contributed by atoms with Crippen LogP contribution in [0.3, 0.4) is 0 Å². The van der Waals surface area contributed by atoms with E-state index in [0.717, 1.165) is 47.4 Å². The number of amides is 1. The summed E-state index contributed by atoms with van der Waals surface area (Å²) in [5.74, 6) is -4.77. The number of rotatable bonds is 12. The summed E-state index contributed by atoms with van der Waals surface area (Å²) in [6.45, 7) is -14.8. The summed E-state index contributed by atoms with van der Waals surface area (Å²) in [4.78, 5) is 15.9. The number of hydrogen-bond donors (Lipinski definition) is 1. The van der Waals surface area contributed by atoms with E-state index in [-0.39, 0.29) is 37.6 Å². The van der Waals surface area contributed by atoms with E-state index >= 15 is 4.79 Å². The van der Waals surface area contributed by atoms with Crippen LogP contribution in [0.1, 0.15) is 71.3 Å². The number of benzene rings is 4. The van der Waals surface area contributed by atoms with Crippen LogP contribution in [0, 0.1) is 18.6 Å². The zero-order valence-corrected chi connectivity index (χ0v) is 28.5. The largest absolute Gasteiger partial charge is 0.416 e. The highest BCUT2D eigenvalue weighted by molar-refractivity contribution is 8.02. The van der Waals surface area contributed by atoms with Crippen LogP contribution in [0.15, 0.2) is 95.9 Å². The number of methoxy groups -OCH3 is 1. The molecule has 0 bridgehead atoms. The van der Waals surface area contributed by atoms with Gasteiger partial charge in [-0.1, -0.05) is 66.2 Å². The van der Waals surface area contributed by atoms with Gasteiger partial charge in [0.2, 0.25) is 5.91 Å². The number of thioether (sulfide) groups is 1. The number of halogens is 5. The molecule has 0 radical (unpaired) electrons. The summed E-state index contributed by atoms with van der Waals surface area (Å²) in [5.41, 5.74) is -2.14. The lowest BCUT2D eigenvalue weighted by Crippen LogP contribution is -2.50. The van der Waals surface area contributed by atoms with Crippen LogP contribution in [0.5, 0.6) is 0 Å². The first-order valence-electron chi connectivity index (χ1n) is 24.7. The second-order valence-corrected chi connectivity index (χ2v) is 12.6. The fourth-order valence-electron chi connectivity index (χ4n) is 5.33. The minimum Gasteiger partial charge on any atom is -0.384 e. The van der Waals surface area contributed by atoms with Crippen LogP contribution in [-0.2, 0) is 28.0 Å². The molecule has 280 valence electrons. The first kappa shape index (κ1) is 21.6. The summed E-state index contributed by atoms with van der Waals surface area (Å²) in [6.07, 6.45) is -15.1. The summed E-state index contributed by atoms with van der Waals surface area (Å²) in [7, 11) is -3.54. The average Bonchev–Trinajstić information content (AvgIpc) is 3.26. The lowest BCUT2D eigenvalue weighted by atomic mass is 9.99. The number of aliphatic hydroxyl groups is 1. The topological polar surface area (TPSA) is 56.3 Å². The predicted molar refractivity (Wildman–Crippen MR) is 198 cm³/mol. The van der Waals surface area contributed by atoms with Crippen LogP contribution in [0.4, 0.5) is 27.6 Å². The van der Waals surface area contributed by atoms with Gasteiger partial charge in [0, 0.05) is 72.7 Å². The fourth-order valence-corrected chi connectivity index (χ4v) is 6.35. The van der Waals surface area contributed by atoms with Crippen molar-refractivity contribution < 1.29 is 61.3 Å². The minimum absolute atomic E-state index is 0.0879. The van der Waals surface area contributed by atoms with E-state index in [9.17, 15) is 33.9 Å². The smallest absolute Gasteiger partial charge is 0.384 e. The Hall–Kier alpha value is -4.23. The zero-order chi connectivity index (χ0) is 53.6. The third kappa shape index (κ3) is 9.29. The molecule has 1 atom stereocenters. The van der Waals surface area contributed by atoms with Crippen LogP contribution in [0.25, 0.3) is 11.1 Å². The number of anilines is 1. The second-order valence-electron chi connectivity index (χ2n) is 11.6. The number of ether oxygens (including phenoxy) is 1. The summed E-state index contributed by atoms with van der Waals surface area (Å²) in [6, 6.07) is 5.15. The Bertz CT molecular complexity index is 2720. The lowest BCUT2D eigenvalue weighted by Gasteiger charge is -2.40. The van der Waals surface area contributed by atoms with Crippen molar-refractivity contribution in [2.45, 2.75) is 50.3 Å². The Kier molecular flexibility index (Phi) is 6.87. The van der Waals surface area contributed by atoms with E-state index in [4.69, 9.17) is 17.8 Å². The van der Waals surface area contributed by atoms with Gasteiger partial charge in [0.05, 0.1) is 30.9 Å². The van der Waals surface area contributed by atoms with Gasteiger partial charge in [0.1, 0.15) is 12.6 Å². The van der Waals surface area contributed by atoms with Crippen LogP contribution in [-0.4, -0.2) is 66.5 Å². The van der Waals surface area contributed by atoms with E-state index in [1.165, 1.54) is 31.2 Å². The molecule has 2 heterocycles. The molecule has 6 nitrogen and oxygen atoms in total. The molecule has 0 saturated carbocycles. The van der Waals surface area contributed by atoms with Crippen molar-refractivity contribution in [1.82, 2.24) is 9.80 Å². The van der Waals surface area contributed by atoms with Crippen molar-refractivity contribution in [1.29, 1.82) is 0 Å². The van der Waals surface area contributed by atoms with Gasteiger partial charge in [0.25, 0.3) is 0 Å². The van der Waals surface area contributed by atoms with Gasteiger partial charge in [0.15, 0.2) is 11.6 Å². The zero-order valence-electron chi connectivity index (χ0n) is 45.7. The molecule has 1 unspecified atom stereocenters. The summed E-state index contributed by atoms with van der Waals surface area (Å²) in [5, 5.41) is 11.0. The Balaban J connectivity index is 1.55. The van der Waals surface area contributed by atoms with Crippen molar-refractivity contribution in [2.24, 2.45) is 0 Å². The normalized spacial score (nSPS) is 26.8. The highest BCUT2D eigenvalue weighted by Gasteiger charge is 2.33. The van der Waals surface area contributed by atoms with Crippen molar-refractivity contribution in [2.75, 3.05) is 44.6 Å². The van der Waals surface area contributed by atoms with Gasteiger partial charge >= 0.3 is 6.18 Å². The molecule has 0 spiro atoms. The number of piperidine rings is 1. The maximum atomic E-state index is 15.4. The van der Waals surface area contributed by atoms with Gasteiger partial charge in [-0.05, 0) is 66.7 Å². The number of fused-ring (bicyclic) bond motifs is 1. The highest BCUT2D eigenvalue weighted by Crippen LogP contribution is 2.41. The quantitative estimate of drug-likeness (QED) is 0.146. The SMILES string of the molecule is [2H]C1=C(SCc2cccc(F)c2F)N(CC(=O)N(Cc2ccc(-c3ccc(C(F)(F)F)cc3)cc2)C2([2H])C([2H])([2H])C([2H])([2H])N(CC([2H])([2H])OC([2H])([2H])[2H])C([2H])([2H])C2([2H])[2H])c2c([2H])c([2H])c(C)c([2H])c2C1O. The molecule has 12 heteroatoms. The van der Waals surface area contributed by atoms with E-state index in [1.807, 2.05) is 0 Å². The van der Waals surface area contributed by atoms with E-state index in [2.05, 4.69) is 4.74 Å². The van der Waals surface area contributed by atoms with Gasteiger partial charge in [-0.25, -0.2) is 8.78 Å². The molecule has 2 aliphatic rings. The molecule has 0 aromatic heterocycles. The number of nitrogens with zero attached hydrogens (tertiary/aromatic N) is 3. The average molecular weight is 770 g/mol. The molecule has 1 fully saturated rings. The van der Waals surface area contributed by atoms with Crippen LogP contribution < -0.4 is 4.90 Å². The van der Waals surface area contributed by atoms with Crippen molar-refractivity contribution in [3.63, 3.8) is 0 Å². The molecular formula is C41H42F5N3O3S. The molecule has 1 saturated heterocycles. The monoisotopic (exact) mass is 769 g/mol. The van der Waals surface area contributed by atoms with Crippen LogP contribution in [0.2, 0.25) is 0 Å². The first-order chi connectivity index (χ1) is 32.4. The Labute approximate surface area is 336 Å². The van der Waals surface area contributed by atoms with Gasteiger partial charge in [-0.2, -0.15) is 13.2 Å². The van der Waals surface area contributed by atoms with Gasteiger partial charge < -0.3 is 24.5 Å². The Morgan fingerprint density at radius 2 is 1.79 bits per heavy atom. The number of likely N-dealkylation sites (tertiary alicyclic amines) is 1. The Morgan fingerprint density at radius 3 is 2.47 bits per heavy atom. The second kappa shape index (κ2) is 16.8. The molecule has 2 aliphatic heterocycles. The van der Waals surface area contributed by atoms with Gasteiger partial charge in [-0.3, -0.25) is 4.79 Å². The number of carbonyl (C=O) groups excluding carboxylic acids is 1. The summed E-state index contributed by atoms with van der Waals surface area (Å²) >= 11 is 0.487. The van der Waals surface area contributed by atoms with E-state index in [1.54, 1.807) is 0 Å². The van der Waals surface area contributed by atoms with E-state index < -0.39 is 147 Å². The van der Waals surface area contributed by atoms with Crippen molar-refractivity contribution in [3.8, 4) is 11.1 Å². The first-order valence-corrected chi connectivity index (χ1v) is 16.7. The molecular weight excluding hydrogens is 710 g/mol. The van der Waals surface area contributed by atoms with E-state index in [0.29, 0.717) is 11.8 Å². The third-order valence-electron chi connectivity index (χ3n) is 8.01. The van der Waals surface area contributed by atoms with Crippen molar-refractivity contribution in [3.05, 3.63) is 135 Å². The number of aliphatic hydroxyl groups excluding tert-OH is 1. The minimum atomic E-state index is -4.67. The number of hydrogen-bond acceptors (Lipinski definition) is 6. The molecule has 6 rings (SSSR count). The standard InChI is InChI=1S/C41H42F5N3O3S/c1-27-6-15-36-34(22-27)37(50)23-39(53-26-31-4-3-5-35(42)40(31)43)49(36)25-38(51)48(33-16-18-47(19-17-33)20-21-52-2)24-28-7-9-29(10-8-28)30-11-13-32(14-12-30)41(44,45)46/h3-15,22-23,33,37,50H,16-21,24-26H2,1-2H3/i2D3,6D,15D,16D2,17D2,18D2,19D2,21D2,22D,23D,33D. The highest BCUT2D eigenvalue weighted by atomic mass is 32.2. The molecule has 4 aromatic rings. The molecule has 1 amide bonds. The molecule has 0 aliphatic carbocycles. The number of alkyl halides is 3. The van der Waals surface area contributed by atoms with Crippen LogP contribution >= 0.6 is 11.8 Å². The number of carbonyl (C=O) groups is 1. The van der Waals surface area contributed by atoms with Crippen molar-refractivity contribution >= 4 is 23.4 Å². The summed E-state index contributed by atoms with van der Waals surface area (Å²) < 4.78 is 230.